The summed E-state index contributed by atoms with van der Waals surface area (Å²) in [5.41, 5.74) is 1.25. The molecule has 0 radical (unpaired) electrons. The Morgan fingerprint density at radius 1 is 1.26 bits per heavy atom. The Morgan fingerprint density at radius 2 is 2.13 bits per heavy atom. The maximum atomic E-state index is 10.2. The summed E-state index contributed by atoms with van der Waals surface area (Å²) in [5, 5.41) is 19.1. The van der Waals surface area contributed by atoms with Crippen molar-refractivity contribution in [3.63, 3.8) is 0 Å². The minimum Gasteiger partial charge on any atom is -0.392 e. The first kappa shape index (κ1) is 14.9. The van der Waals surface area contributed by atoms with Crippen LogP contribution in [0.4, 0.5) is 0 Å². The zero-order valence-electron chi connectivity index (χ0n) is 13.8. The Kier molecular flexibility index (Phi) is 3.71. The van der Waals surface area contributed by atoms with Gasteiger partial charge >= 0.3 is 0 Å². The van der Waals surface area contributed by atoms with Crippen LogP contribution in [0.15, 0.2) is 18.3 Å². The monoisotopic (exact) mass is 316 g/mol. The van der Waals surface area contributed by atoms with Crippen molar-refractivity contribution in [3.8, 4) is 0 Å². The van der Waals surface area contributed by atoms with Crippen molar-refractivity contribution >= 4 is 0 Å². The Hall–Kier alpha value is -1.70. The lowest BCUT2D eigenvalue weighted by molar-refractivity contribution is 0.170. The third kappa shape index (κ3) is 2.69. The molecule has 23 heavy (non-hydrogen) atoms. The number of aryl methyl sites for hydroxylation is 1. The molecular weight excluding hydrogens is 292 g/mol. The maximum absolute atomic E-state index is 10.2. The van der Waals surface area contributed by atoms with Crippen molar-refractivity contribution in [2.75, 3.05) is 20.1 Å². The first-order valence-corrected chi connectivity index (χ1v) is 8.24. The number of hydrogen-bond donors (Lipinski definition) is 1. The molecule has 4 rings (SSSR count). The molecule has 1 N–H and O–H groups in total. The van der Waals surface area contributed by atoms with Gasteiger partial charge in [0, 0.05) is 45.1 Å². The van der Waals surface area contributed by atoms with Crippen molar-refractivity contribution in [2.24, 2.45) is 7.05 Å². The second-order valence-corrected chi connectivity index (χ2v) is 6.81. The zero-order chi connectivity index (χ0) is 16.0. The topological polar surface area (TPSA) is 62.4 Å². The minimum atomic E-state index is -0.292. The molecule has 0 bridgehead atoms. The van der Waals surface area contributed by atoms with Crippen molar-refractivity contribution in [1.82, 2.24) is 29.1 Å². The Morgan fingerprint density at radius 3 is 2.91 bits per heavy atom. The van der Waals surface area contributed by atoms with E-state index in [0.717, 1.165) is 44.2 Å². The van der Waals surface area contributed by atoms with E-state index in [-0.39, 0.29) is 12.1 Å². The molecule has 1 saturated heterocycles. The van der Waals surface area contributed by atoms with E-state index >= 15 is 0 Å². The summed E-state index contributed by atoms with van der Waals surface area (Å²) in [6, 6.07) is 4.34. The molecule has 124 valence electrons. The third-order valence-electron chi connectivity index (χ3n) is 5.07. The predicted molar refractivity (Wildman–Crippen MR) is 85.5 cm³/mol. The SMILES string of the molecule is CN1CCn2c(nnc2[C@@H]2C[C@H](O)CN2Cc2cccn2C)C1. The van der Waals surface area contributed by atoms with E-state index in [2.05, 4.69) is 61.6 Å². The quantitative estimate of drug-likeness (QED) is 0.886. The van der Waals surface area contributed by atoms with Gasteiger partial charge in [-0.3, -0.25) is 9.80 Å². The number of fused-ring (bicyclic) bond motifs is 1. The van der Waals surface area contributed by atoms with Gasteiger partial charge in [0.15, 0.2) is 5.82 Å². The average molecular weight is 316 g/mol. The number of aromatic nitrogens is 4. The fraction of sp³-hybridized carbons (Fsp3) is 0.625. The number of aliphatic hydroxyl groups excluding tert-OH is 1. The van der Waals surface area contributed by atoms with Crippen LogP contribution in [-0.2, 0) is 26.7 Å². The molecule has 4 heterocycles. The molecule has 0 spiro atoms. The van der Waals surface area contributed by atoms with Crippen LogP contribution in [0.2, 0.25) is 0 Å². The van der Waals surface area contributed by atoms with Gasteiger partial charge in [-0.05, 0) is 25.6 Å². The number of likely N-dealkylation sites (N-methyl/N-ethyl adjacent to an activating group) is 1. The number of rotatable bonds is 3. The van der Waals surface area contributed by atoms with Crippen LogP contribution in [-0.4, -0.2) is 60.5 Å². The van der Waals surface area contributed by atoms with Crippen molar-refractivity contribution in [3.05, 3.63) is 35.7 Å². The van der Waals surface area contributed by atoms with Crippen molar-refractivity contribution < 1.29 is 5.11 Å². The molecule has 2 aromatic rings. The molecule has 2 atom stereocenters. The molecule has 0 unspecified atom stereocenters. The molecule has 2 aromatic heterocycles. The summed E-state index contributed by atoms with van der Waals surface area (Å²) in [7, 11) is 4.17. The number of hydrogen-bond acceptors (Lipinski definition) is 5. The average Bonchev–Trinajstić information content (AvgIpc) is 3.19. The van der Waals surface area contributed by atoms with E-state index in [9.17, 15) is 5.11 Å². The van der Waals surface area contributed by atoms with Gasteiger partial charge in [0.05, 0.1) is 18.7 Å². The number of likely N-dealkylation sites (tertiary alicyclic amines) is 1. The molecule has 7 nitrogen and oxygen atoms in total. The fourth-order valence-electron chi connectivity index (χ4n) is 3.74. The molecule has 0 aliphatic carbocycles. The van der Waals surface area contributed by atoms with Gasteiger partial charge in [-0.15, -0.1) is 10.2 Å². The summed E-state index contributed by atoms with van der Waals surface area (Å²) in [6.07, 6.45) is 2.50. The van der Waals surface area contributed by atoms with Crippen LogP contribution in [0.5, 0.6) is 0 Å². The highest BCUT2D eigenvalue weighted by Gasteiger charge is 2.36. The highest BCUT2D eigenvalue weighted by Crippen LogP contribution is 2.33. The van der Waals surface area contributed by atoms with E-state index in [1.807, 2.05) is 0 Å². The predicted octanol–water partition coefficient (Wildman–Crippen LogP) is 0.370. The first-order valence-electron chi connectivity index (χ1n) is 8.24. The largest absolute Gasteiger partial charge is 0.392 e. The number of nitrogens with zero attached hydrogens (tertiary/aromatic N) is 6. The summed E-state index contributed by atoms with van der Waals surface area (Å²) >= 11 is 0. The van der Waals surface area contributed by atoms with E-state index in [4.69, 9.17) is 0 Å². The van der Waals surface area contributed by atoms with Crippen molar-refractivity contribution in [2.45, 2.75) is 38.2 Å². The third-order valence-corrected chi connectivity index (χ3v) is 5.07. The summed E-state index contributed by atoms with van der Waals surface area (Å²) in [4.78, 5) is 4.59. The van der Waals surface area contributed by atoms with E-state index in [0.29, 0.717) is 6.54 Å². The van der Waals surface area contributed by atoms with Gasteiger partial charge in [-0.1, -0.05) is 0 Å². The molecule has 2 aliphatic heterocycles. The lowest BCUT2D eigenvalue weighted by Crippen LogP contribution is -2.33. The van der Waals surface area contributed by atoms with Gasteiger partial charge in [-0.25, -0.2) is 0 Å². The normalized spacial score (nSPS) is 25.9. The minimum absolute atomic E-state index is 0.143. The molecule has 1 fully saturated rings. The van der Waals surface area contributed by atoms with Gasteiger partial charge in [0.2, 0.25) is 0 Å². The van der Waals surface area contributed by atoms with Crippen LogP contribution in [0, 0.1) is 0 Å². The molecular formula is C16H24N6O. The van der Waals surface area contributed by atoms with E-state index < -0.39 is 0 Å². The molecule has 2 aliphatic rings. The Bertz CT molecular complexity index is 693. The number of β-amino-alcohol motifs (C(OH)–C–C–N with tert-alkyl or cyclic N) is 1. The lowest BCUT2D eigenvalue weighted by Gasteiger charge is -2.27. The summed E-state index contributed by atoms with van der Waals surface area (Å²) in [6.45, 7) is 4.31. The van der Waals surface area contributed by atoms with Crippen LogP contribution < -0.4 is 0 Å². The zero-order valence-corrected chi connectivity index (χ0v) is 13.8. The van der Waals surface area contributed by atoms with Crippen LogP contribution in [0.1, 0.15) is 29.8 Å². The highest BCUT2D eigenvalue weighted by molar-refractivity contribution is 5.11. The molecule has 0 aromatic carbocycles. The summed E-state index contributed by atoms with van der Waals surface area (Å²) in [5.74, 6) is 2.05. The molecule has 0 amide bonds. The second kappa shape index (κ2) is 5.74. The maximum Gasteiger partial charge on any atom is 0.150 e. The van der Waals surface area contributed by atoms with Gasteiger partial charge in [0.1, 0.15) is 5.82 Å². The Balaban J connectivity index is 1.60. The standard InChI is InChI=1S/C16H24N6O/c1-19-6-7-22-15(11-19)17-18-16(22)14-8-13(23)10-21(14)9-12-4-3-5-20(12)2/h3-5,13-14,23H,6-11H2,1-2H3/t13-,14-/m0/s1. The smallest absolute Gasteiger partial charge is 0.150 e. The fourth-order valence-corrected chi connectivity index (χ4v) is 3.74. The molecule has 0 saturated carbocycles. The van der Waals surface area contributed by atoms with E-state index in [1.54, 1.807) is 0 Å². The van der Waals surface area contributed by atoms with E-state index in [1.165, 1.54) is 5.69 Å². The van der Waals surface area contributed by atoms with Crippen LogP contribution >= 0.6 is 0 Å². The molecule has 7 heteroatoms. The van der Waals surface area contributed by atoms with Crippen molar-refractivity contribution in [1.29, 1.82) is 0 Å². The Labute approximate surface area is 136 Å². The first-order chi connectivity index (χ1) is 11.1. The highest BCUT2D eigenvalue weighted by atomic mass is 16.3. The van der Waals surface area contributed by atoms with Crippen LogP contribution in [0.3, 0.4) is 0 Å². The lowest BCUT2D eigenvalue weighted by atomic mass is 10.1. The second-order valence-electron chi connectivity index (χ2n) is 6.81. The summed E-state index contributed by atoms with van der Waals surface area (Å²) < 4.78 is 4.39. The number of aliphatic hydroxyl groups is 1. The van der Waals surface area contributed by atoms with Crippen LogP contribution in [0.25, 0.3) is 0 Å². The van der Waals surface area contributed by atoms with Gasteiger partial charge < -0.3 is 14.2 Å². The van der Waals surface area contributed by atoms with Gasteiger partial charge in [0.25, 0.3) is 0 Å². The van der Waals surface area contributed by atoms with Gasteiger partial charge in [-0.2, -0.15) is 0 Å².